The van der Waals surface area contributed by atoms with Crippen LogP contribution in [-0.2, 0) is 0 Å². The Kier molecular flexibility index (Phi) is 4.55. The molecule has 0 heterocycles. The highest BCUT2D eigenvalue weighted by Gasteiger charge is 2.15. The lowest BCUT2D eigenvalue weighted by molar-refractivity contribution is 1.59. The molecular weight excluding hydrogens is 384 g/mol. The molecule has 6 aromatic rings. The van der Waals surface area contributed by atoms with Crippen molar-refractivity contribution in [2.75, 3.05) is 0 Å². The van der Waals surface area contributed by atoms with Gasteiger partial charge in [0.2, 0.25) is 0 Å². The molecule has 0 aliphatic carbocycles. The molecule has 0 radical (unpaired) electrons. The van der Waals surface area contributed by atoms with Gasteiger partial charge in [-0.2, -0.15) is 0 Å². The third-order valence-corrected chi connectivity index (χ3v) is 6.23. The van der Waals surface area contributed by atoms with Gasteiger partial charge in [0.15, 0.2) is 0 Å². The number of benzene rings is 6. The van der Waals surface area contributed by atoms with E-state index >= 15 is 0 Å². The molecule has 0 spiro atoms. The molecule has 0 heteroatoms. The van der Waals surface area contributed by atoms with Crippen LogP contribution in [0.5, 0.6) is 0 Å². The Morgan fingerprint density at radius 3 is 0.875 bits per heavy atom. The van der Waals surface area contributed by atoms with Crippen molar-refractivity contribution in [3.05, 3.63) is 133 Å². The number of hydrogen-bond acceptors (Lipinski definition) is 0. The lowest BCUT2D eigenvalue weighted by atomic mass is 9.86. The first-order valence-electron chi connectivity index (χ1n) is 11.0. The number of rotatable bonds is 3. The average molecular weight is 407 g/mol. The summed E-state index contributed by atoms with van der Waals surface area (Å²) >= 11 is 0. The van der Waals surface area contributed by atoms with E-state index in [0.717, 1.165) is 0 Å². The topological polar surface area (TPSA) is 0 Å². The second-order valence-corrected chi connectivity index (χ2v) is 8.22. The van der Waals surface area contributed by atoms with Crippen molar-refractivity contribution in [3.63, 3.8) is 0 Å². The Morgan fingerprint density at radius 2 is 0.531 bits per heavy atom. The Labute approximate surface area is 188 Å². The van der Waals surface area contributed by atoms with Crippen molar-refractivity contribution < 1.29 is 0 Å². The van der Waals surface area contributed by atoms with Gasteiger partial charge in [-0.25, -0.2) is 0 Å². The minimum atomic E-state index is 1.24. The van der Waals surface area contributed by atoms with E-state index < -0.39 is 0 Å². The number of hydrogen-bond donors (Lipinski definition) is 0. The minimum absolute atomic E-state index is 1.24. The summed E-state index contributed by atoms with van der Waals surface area (Å²) in [5, 5.41) is 5.04. The summed E-state index contributed by atoms with van der Waals surface area (Å²) in [5.41, 5.74) is 7.52. The quantitative estimate of drug-likeness (QED) is 0.275. The zero-order valence-electron chi connectivity index (χ0n) is 17.7. The lowest BCUT2D eigenvalue weighted by Gasteiger charge is -2.17. The molecule has 6 aromatic carbocycles. The SMILES string of the molecule is c1ccc(-c2cc3ccccc3cc2-c2cc3ccccc3cc2-c2ccccc2)cc1. The van der Waals surface area contributed by atoms with Crippen molar-refractivity contribution in [2.45, 2.75) is 0 Å². The van der Waals surface area contributed by atoms with E-state index in [1.54, 1.807) is 0 Å². The molecule has 150 valence electrons. The van der Waals surface area contributed by atoms with Crippen LogP contribution in [0.25, 0.3) is 54.9 Å². The normalized spacial score (nSPS) is 11.1. The maximum atomic E-state index is 2.36. The highest BCUT2D eigenvalue weighted by Crippen LogP contribution is 2.42. The molecule has 0 unspecified atom stereocenters. The molecule has 0 aromatic heterocycles. The Bertz CT molecular complexity index is 1420. The van der Waals surface area contributed by atoms with Crippen LogP contribution in [0.2, 0.25) is 0 Å². The van der Waals surface area contributed by atoms with Gasteiger partial charge in [-0.15, -0.1) is 0 Å². The third-order valence-electron chi connectivity index (χ3n) is 6.23. The highest BCUT2D eigenvalue weighted by molar-refractivity contribution is 6.03. The molecule has 32 heavy (non-hydrogen) atoms. The van der Waals surface area contributed by atoms with Crippen molar-refractivity contribution in [1.82, 2.24) is 0 Å². The van der Waals surface area contributed by atoms with E-state index in [-0.39, 0.29) is 0 Å². The summed E-state index contributed by atoms with van der Waals surface area (Å²) in [4.78, 5) is 0. The standard InChI is InChI=1S/C32H22/c1-3-11-23(12-4-1)29-19-25-15-7-9-17-27(25)21-31(29)32-22-28-18-10-8-16-26(28)20-30(32)24-13-5-2-6-14-24/h1-22H. The highest BCUT2D eigenvalue weighted by atomic mass is 14.2. The van der Waals surface area contributed by atoms with Crippen LogP contribution in [0.1, 0.15) is 0 Å². The van der Waals surface area contributed by atoms with E-state index in [1.807, 2.05) is 0 Å². The smallest absolute Gasteiger partial charge is 0.00926 e. The van der Waals surface area contributed by atoms with Gasteiger partial charge in [-0.05, 0) is 79.2 Å². The van der Waals surface area contributed by atoms with E-state index in [9.17, 15) is 0 Å². The van der Waals surface area contributed by atoms with E-state index in [0.29, 0.717) is 0 Å². The van der Waals surface area contributed by atoms with Crippen molar-refractivity contribution in [2.24, 2.45) is 0 Å². The van der Waals surface area contributed by atoms with Gasteiger partial charge in [0.1, 0.15) is 0 Å². The summed E-state index contributed by atoms with van der Waals surface area (Å²) in [7, 11) is 0. The number of fused-ring (bicyclic) bond motifs is 2. The van der Waals surface area contributed by atoms with E-state index in [4.69, 9.17) is 0 Å². The van der Waals surface area contributed by atoms with Crippen LogP contribution in [0, 0.1) is 0 Å². The van der Waals surface area contributed by atoms with Gasteiger partial charge in [0, 0.05) is 0 Å². The maximum Gasteiger partial charge on any atom is -0.00926 e. The minimum Gasteiger partial charge on any atom is -0.0622 e. The fourth-order valence-electron chi connectivity index (χ4n) is 4.64. The van der Waals surface area contributed by atoms with Crippen molar-refractivity contribution in [3.8, 4) is 33.4 Å². The van der Waals surface area contributed by atoms with Gasteiger partial charge in [-0.1, -0.05) is 109 Å². The zero-order chi connectivity index (χ0) is 21.3. The summed E-state index contributed by atoms with van der Waals surface area (Å²) in [6, 6.07) is 48.1. The molecule has 0 bridgehead atoms. The molecule has 0 amide bonds. The molecule has 0 fully saturated rings. The predicted octanol–water partition coefficient (Wildman–Crippen LogP) is 8.99. The van der Waals surface area contributed by atoms with Crippen LogP contribution in [0.3, 0.4) is 0 Å². The predicted molar refractivity (Wildman–Crippen MR) is 138 cm³/mol. The van der Waals surface area contributed by atoms with Crippen LogP contribution in [0.4, 0.5) is 0 Å². The van der Waals surface area contributed by atoms with E-state index in [1.165, 1.54) is 54.9 Å². The molecule has 6 rings (SSSR count). The first-order valence-corrected chi connectivity index (χ1v) is 11.0. The summed E-state index contributed by atoms with van der Waals surface area (Å²) in [6.07, 6.45) is 0. The molecule has 0 saturated carbocycles. The van der Waals surface area contributed by atoms with E-state index in [2.05, 4.69) is 133 Å². The second-order valence-electron chi connectivity index (χ2n) is 8.22. The van der Waals surface area contributed by atoms with Gasteiger partial charge in [-0.3, -0.25) is 0 Å². The van der Waals surface area contributed by atoms with Gasteiger partial charge < -0.3 is 0 Å². The zero-order valence-corrected chi connectivity index (χ0v) is 17.7. The summed E-state index contributed by atoms with van der Waals surface area (Å²) < 4.78 is 0. The Balaban J connectivity index is 1.73. The van der Waals surface area contributed by atoms with Crippen molar-refractivity contribution >= 4 is 21.5 Å². The molecule has 0 N–H and O–H groups in total. The fourth-order valence-corrected chi connectivity index (χ4v) is 4.64. The first-order chi connectivity index (χ1) is 15.9. The Hall–Kier alpha value is -4.16. The molecule has 0 atom stereocenters. The van der Waals surface area contributed by atoms with Gasteiger partial charge in [0.05, 0.1) is 0 Å². The molecule has 0 nitrogen and oxygen atoms in total. The molecule has 0 aliphatic rings. The third kappa shape index (κ3) is 3.27. The fraction of sp³-hybridized carbons (Fsp3) is 0. The molecular formula is C32H22. The van der Waals surface area contributed by atoms with Crippen LogP contribution < -0.4 is 0 Å². The second kappa shape index (κ2) is 7.83. The van der Waals surface area contributed by atoms with Crippen LogP contribution >= 0.6 is 0 Å². The largest absolute Gasteiger partial charge is 0.0622 e. The Morgan fingerprint density at radius 1 is 0.250 bits per heavy atom. The monoisotopic (exact) mass is 406 g/mol. The lowest BCUT2D eigenvalue weighted by Crippen LogP contribution is -1.91. The van der Waals surface area contributed by atoms with Crippen LogP contribution in [-0.4, -0.2) is 0 Å². The van der Waals surface area contributed by atoms with Gasteiger partial charge >= 0.3 is 0 Å². The summed E-state index contributed by atoms with van der Waals surface area (Å²) in [5.74, 6) is 0. The molecule has 0 saturated heterocycles. The van der Waals surface area contributed by atoms with Crippen LogP contribution in [0.15, 0.2) is 133 Å². The average Bonchev–Trinajstić information content (AvgIpc) is 2.88. The first kappa shape index (κ1) is 18.6. The maximum absolute atomic E-state index is 2.36. The van der Waals surface area contributed by atoms with Crippen molar-refractivity contribution in [1.29, 1.82) is 0 Å². The van der Waals surface area contributed by atoms with Gasteiger partial charge in [0.25, 0.3) is 0 Å². The molecule has 0 aliphatic heterocycles. The summed E-state index contributed by atoms with van der Waals surface area (Å²) in [6.45, 7) is 0.